The maximum atomic E-state index is 2.33. The average molecular weight is 112 g/mol. The van der Waals surface area contributed by atoms with Crippen LogP contribution < -0.4 is 0 Å². The molecule has 0 aromatic carbocycles. The van der Waals surface area contributed by atoms with E-state index in [-0.39, 0.29) is 11.0 Å². The van der Waals surface area contributed by atoms with Gasteiger partial charge in [-0.05, 0) is 11.8 Å². The SMILES string of the molecule is CC1CCC1C.[Si]. The summed E-state index contributed by atoms with van der Waals surface area (Å²) in [6.07, 6.45) is 2.95. The first-order valence-corrected chi connectivity index (χ1v) is 2.80. The molecule has 2 unspecified atom stereocenters. The van der Waals surface area contributed by atoms with Crippen LogP contribution in [0.5, 0.6) is 0 Å². The van der Waals surface area contributed by atoms with Crippen molar-refractivity contribution in [3.8, 4) is 0 Å². The third-order valence-corrected chi connectivity index (χ3v) is 2.05. The van der Waals surface area contributed by atoms with Crippen molar-refractivity contribution in [3.05, 3.63) is 0 Å². The van der Waals surface area contributed by atoms with Crippen LogP contribution in [0, 0.1) is 11.8 Å². The lowest BCUT2D eigenvalue weighted by Gasteiger charge is -2.29. The van der Waals surface area contributed by atoms with Crippen LogP contribution in [0.3, 0.4) is 0 Å². The second-order valence-electron chi connectivity index (χ2n) is 2.53. The van der Waals surface area contributed by atoms with Gasteiger partial charge in [0, 0.05) is 11.0 Å². The minimum Gasteiger partial charge on any atom is -0.0623 e. The second-order valence-corrected chi connectivity index (χ2v) is 2.53. The quantitative estimate of drug-likeness (QED) is 0.418. The van der Waals surface area contributed by atoms with Gasteiger partial charge in [0.15, 0.2) is 0 Å². The van der Waals surface area contributed by atoms with Crippen molar-refractivity contribution in [2.45, 2.75) is 26.7 Å². The topological polar surface area (TPSA) is 0 Å². The largest absolute Gasteiger partial charge is 0.0623 e. The first kappa shape index (κ1) is 7.22. The Labute approximate surface area is 50.3 Å². The molecule has 0 N–H and O–H groups in total. The summed E-state index contributed by atoms with van der Waals surface area (Å²) < 4.78 is 0. The zero-order valence-electron chi connectivity index (χ0n) is 5.07. The van der Waals surface area contributed by atoms with Crippen molar-refractivity contribution in [2.24, 2.45) is 11.8 Å². The van der Waals surface area contributed by atoms with E-state index in [0.29, 0.717) is 0 Å². The van der Waals surface area contributed by atoms with E-state index in [0.717, 1.165) is 11.8 Å². The van der Waals surface area contributed by atoms with Crippen LogP contribution in [-0.4, -0.2) is 11.0 Å². The highest BCUT2D eigenvalue weighted by molar-refractivity contribution is 5.75. The highest BCUT2D eigenvalue weighted by Gasteiger charge is 2.20. The molecule has 0 nitrogen and oxygen atoms in total. The minimum atomic E-state index is 0. The van der Waals surface area contributed by atoms with E-state index in [1.807, 2.05) is 0 Å². The lowest BCUT2D eigenvalue weighted by Crippen LogP contribution is -2.18. The van der Waals surface area contributed by atoms with Gasteiger partial charge in [-0.1, -0.05) is 26.7 Å². The molecule has 40 valence electrons. The highest BCUT2D eigenvalue weighted by atomic mass is 28.1. The van der Waals surface area contributed by atoms with Gasteiger partial charge in [-0.25, -0.2) is 0 Å². The van der Waals surface area contributed by atoms with Gasteiger partial charge in [0.1, 0.15) is 0 Å². The van der Waals surface area contributed by atoms with Crippen molar-refractivity contribution < 1.29 is 0 Å². The van der Waals surface area contributed by atoms with Crippen molar-refractivity contribution in [2.75, 3.05) is 0 Å². The Bertz CT molecular complexity index is 44.1. The molecule has 1 fully saturated rings. The molecule has 1 rings (SSSR count). The van der Waals surface area contributed by atoms with Crippen LogP contribution in [0.25, 0.3) is 0 Å². The molecular formula is C6H12Si. The summed E-state index contributed by atoms with van der Waals surface area (Å²) in [5, 5.41) is 0. The van der Waals surface area contributed by atoms with E-state index in [1.54, 1.807) is 0 Å². The van der Waals surface area contributed by atoms with Crippen LogP contribution in [-0.2, 0) is 0 Å². The van der Waals surface area contributed by atoms with E-state index in [2.05, 4.69) is 13.8 Å². The first-order valence-electron chi connectivity index (χ1n) is 2.80. The zero-order valence-corrected chi connectivity index (χ0v) is 6.07. The van der Waals surface area contributed by atoms with Gasteiger partial charge in [0.2, 0.25) is 0 Å². The van der Waals surface area contributed by atoms with Crippen molar-refractivity contribution in [1.29, 1.82) is 0 Å². The molecule has 1 aliphatic rings. The van der Waals surface area contributed by atoms with Crippen molar-refractivity contribution in [3.63, 3.8) is 0 Å². The predicted octanol–water partition coefficient (Wildman–Crippen LogP) is 1.67. The molecule has 0 amide bonds. The molecule has 0 bridgehead atoms. The molecule has 1 saturated carbocycles. The van der Waals surface area contributed by atoms with E-state index in [1.165, 1.54) is 12.8 Å². The van der Waals surface area contributed by atoms with E-state index in [4.69, 9.17) is 0 Å². The minimum absolute atomic E-state index is 0. The monoisotopic (exact) mass is 112 g/mol. The van der Waals surface area contributed by atoms with Gasteiger partial charge in [0.25, 0.3) is 0 Å². The maximum absolute atomic E-state index is 2.33. The summed E-state index contributed by atoms with van der Waals surface area (Å²) in [5.41, 5.74) is 0. The molecule has 1 heteroatoms. The summed E-state index contributed by atoms with van der Waals surface area (Å²) >= 11 is 0. The van der Waals surface area contributed by atoms with Gasteiger partial charge < -0.3 is 0 Å². The maximum Gasteiger partial charge on any atom is 0 e. The molecular weight excluding hydrogens is 100 g/mol. The molecule has 4 radical (unpaired) electrons. The Morgan fingerprint density at radius 3 is 1.29 bits per heavy atom. The molecule has 0 spiro atoms. The van der Waals surface area contributed by atoms with Gasteiger partial charge in [0.05, 0.1) is 0 Å². The van der Waals surface area contributed by atoms with Crippen molar-refractivity contribution in [1.82, 2.24) is 0 Å². The molecule has 2 atom stereocenters. The molecule has 0 aromatic heterocycles. The summed E-state index contributed by atoms with van der Waals surface area (Å²) in [7, 11) is 0. The molecule has 7 heavy (non-hydrogen) atoms. The Balaban J connectivity index is 0.000000360. The standard InChI is InChI=1S/C6H12.Si/c1-5-3-4-6(5)2;/h5-6H,3-4H2,1-2H3;. The third-order valence-electron chi connectivity index (χ3n) is 2.05. The number of hydrogen-bond acceptors (Lipinski definition) is 0. The molecule has 0 aliphatic heterocycles. The molecule has 0 saturated heterocycles. The van der Waals surface area contributed by atoms with Gasteiger partial charge in [-0.15, -0.1) is 0 Å². The summed E-state index contributed by atoms with van der Waals surface area (Å²) in [5.74, 6) is 2.06. The molecule has 0 heterocycles. The summed E-state index contributed by atoms with van der Waals surface area (Å²) in [6, 6.07) is 0. The highest BCUT2D eigenvalue weighted by Crippen LogP contribution is 2.32. The Hall–Kier alpha value is 0.217. The predicted molar refractivity (Wildman–Crippen MR) is 33.3 cm³/mol. The first-order chi connectivity index (χ1) is 2.80. The van der Waals surface area contributed by atoms with E-state index < -0.39 is 0 Å². The van der Waals surface area contributed by atoms with Gasteiger partial charge in [-0.3, -0.25) is 0 Å². The Morgan fingerprint density at radius 1 is 1.00 bits per heavy atom. The fourth-order valence-corrected chi connectivity index (χ4v) is 0.833. The van der Waals surface area contributed by atoms with Crippen LogP contribution in [0.1, 0.15) is 26.7 Å². The van der Waals surface area contributed by atoms with Crippen LogP contribution >= 0.6 is 0 Å². The molecule has 0 aromatic rings. The summed E-state index contributed by atoms with van der Waals surface area (Å²) in [4.78, 5) is 0. The Morgan fingerprint density at radius 2 is 1.29 bits per heavy atom. The van der Waals surface area contributed by atoms with Crippen LogP contribution in [0.4, 0.5) is 0 Å². The van der Waals surface area contributed by atoms with E-state index >= 15 is 0 Å². The van der Waals surface area contributed by atoms with Crippen molar-refractivity contribution >= 4 is 11.0 Å². The van der Waals surface area contributed by atoms with Crippen LogP contribution in [0.2, 0.25) is 0 Å². The van der Waals surface area contributed by atoms with Gasteiger partial charge in [-0.2, -0.15) is 0 Å². The third kappa shape index (κ3) is 1.30. The van der Waals surface area contributed by atoms with Crippen LogP contribution in [0.15, 0.2) is 0 Å². The average Bonchev–Trinajstić information content (AvgIpc) is 1.61. The molecule has 1 aliphatic carbocycles. The lowest BCUT2D eigenvalue weighted by atomic mass is 9.77. The summed E-state index contributed by atoms with van der Waals surface area (Å²) in [6.45, 7) is 4.66. The Kier molecular flexibility index (Phi) is 2.58. The second kappa shape index (κ2) is 2.51. The number of rotatable bonds is 0. The number of hydrogen-bond donors (Lipinski definition) is 0. The fourth-order valence-electron chi connectivity index (χ4n) is 0.833. The van der Waals surface area contributed by atoms with Gasteiger partial charge >= 0.3 is 0 Å². The fraction of sp³-hybridized carbons (Fsp3) is 1.00. The lowest BCUT2D eigenvalue weighted by molar-refractivity contribution is 0.219. The van der Waals surface area contributed by atoms with E-state index in [9.17, 15) is 0 Å². The zero-order chi connectivity index (χ0) is 4.57. The normalized spacial score (nSPS) is 38.6. The smallest absolute Gasteiger partial charge is 0 e.